The molecule has 178 valence electrons. The van der Waals surface area contributed by atoms with Crippen LogP contribution in [0.25, 0.3) is 0 Å². The number of hydrogen-bond acceptors (Lipinski definition) is 6. The molecule has 0 amide bonds. The van der Waals surface area contributed by atoms with Crippen LogP contribution < -0.4 is 0 Å². The Bertz CT molecular complexity index is 573. The molecule has 0 radical (unpaired) electrons. The minimum Gasteiger partial charge on any atom is -0.300 e. The monoisotopic (exact) mass is 510 g/mol. The van der Waals surface area contributed by atoms with E-state index in [-0.39, 0.29) is 21.7 Å². The van der Waals surface area contributed by atoms with E-state index in [1.165, 1.54) is 0 Å². The van der Waals surface area contributed by atoms with E-state index in [0.29, 0.717) is 0 Å². The molecule has 0 aliphatic carbocycles. The van der Waals surface area contributed by atoms with Gasteiger partial charge in [0.2, 0.25) is 17.3 Å². The van der Waals surface area contributed by atoms with Gasteiger partial charge in [0.25, 0.3) is 0 Å². The first-order valence-electron chi connectivity index (χ1n) is 7.30. The third-order valence-corrected chi connectivity index (χ3v) is 2.18. The fourth-order valence-corrected chi connectivity index (χ4v) is 0.979. The maximum atomic E-state index is 11.3. The van der Waals surface area contributed by atoms with Gasteiger partial charge in [-0.3, -0.25) is 28.8 Å². The standard InChI is InChI=1S/3C5H5F3O2.Ti/c3*1-3(9)2-4(10)5(6,7)8;/h3*2H2,1H3;. The van der Waals surface area contributed by atoms with E-state index >= 15 is 0 Å². The molecule has 0 atom stereocenters. The van der Waals surface area contributed by atoms with Crippen LogP contribution in [0.5, 0.6) is 0 Å². The van der Waals surface area contributed by atoms with Crippen LogP contribution in [0, 0.1) is 0 Å². The molecule has 0 aromatic rings. The van der Waals surface area contributed by atoms with Crippen LogP contribution in [0.3, 0.4) is 0 Å². The van der Waals surface area contributed by atoms with Crippen molar-refractivity contribution in [3.8, 4) is 0 Å². The molecule has 0 aromatic carbocycles. The second-order valence-corrected chi connectivity index (χ2v) is 5.40. The van der Waals surface area contributed by atoms with Crippen molar-refractivity contribution in [3.63, 3.8) is 0 Å². The molecule has 16 heteroatoms. The van der Waals surface area contributed by atoms with Crippen LogP contribution in [0.4, 0.5) is 39.5 Å². The summed E-state index contributed by atoms with van der Waals surface area (Å²) in [6, 6.07) is 0. The molecule has 0 saturated carbocycles. The average molecular weight is 510 g/mol. The van der Waals surface area contributed by atoms with Gasteiger partial charge in [0.1, 0.15) is 17.3 Å². The molecule has 6 nitrogen and oxygen atoms in total. The Labute approximate surface area is 183 Å². The second-order valence-electron chi connectivity index (χ2n) is 5.40. The number of alkyl halides is 9. The Balaban J connectivity index is -0.000000174. The Morgan fingerprint density at radius 3 is 0.613 bits per heavy atom. The van der Waals surface area contributed by atoms with Gasteiger partial charge in [0.15, 0.2) is 0 Å². The maximum Gasteiger partial charge on any atom is 0.450 e. The van der Waals surface area contributed by atoms with E-state index in [2.05, 4.69) is 0 Å². The summed E-state index contributed by atoms with van der Waals surface area (Å²) in [7, 11) is 0. The van der Waals surface area contributed by atoms with E-state index in [0.717, 1.165) is 20.8 Å². The van der Waals surface area contributed by atoms with Crippen LogP contribution >= 0.6 is 0 Å². The van der Waals surface area contributed by atoms with Crippen molar-refractivity contribution in [1.29, 1.82) is 0 Å². The summed E-state index contributed by atoms with van der Waals surface area (Å²) in [5.41, 5.74) is 0. The second kappa shape index (κ2) is 15.0. The predicted octanol–water partition coefficient (Wildman–Crippen LogP) is 3.29. The van der Waals surface area contributed by atoms with Gasteiger partial charge in [-0.1, -0.05) is 0 Å². The summed E-state index contributed by atoms with van der Waals surface area (Å²) in [6.07, 6.45) is -17.8. The molecule has 0 unspecified atom stereocenters. The number of hydrogen-bond donors (Lipinski definition) is 0. The molecule has 0 spiro atoms. The molecule has 0 aliphatic heterocycles. The van der Waals surface area contributed by atoms with E-state index in [9.17, 15) is 68.3 Å². The summed E-state index contributed by atoms with van der Waals surface area (Å²) >= 11 is 0. The third-order valence-electron chi connectivity index (χ3n) is 2.18. The fraction of sp³-hybridized carbons (Fsp3) is 0.600. The zero-order chi connectivity index (χ0) is 25.1. The Morgan fingerprint density at radius 2 is 0.581 bits per heavy atom. The van der Waals surface area contributed by atoms with Crippen molar-refractivity contribution < 1.29 is 90.0 Å². The van der Waals surface area contributed by atoms with Crippen LogP contribution in [0.2, 0.25) is 0 Å². The molecule has 0 rings (SSSR count). The van der Waals surface area contributed by atoms with Crippen molar-refractivity contribution >= 4 is 34.7 Å². The first-order chi connectivity index (χ1) is 13.0. The van der Waals surface area contributed by atoms with E-state index in [1.807, 2.05) is 0 Å². The quantitative estimate of drug-likeness (QED) is 0.309. The number of Topliss-reactive ketones (excluding diaryl/α,β-unsaturated/α-hetero) is 6. The topological polar surface area (TPSA) is 102 Å². The maximum absolute atomic E-state index is 11.3. The number of carbonyl (C=O) groups is 6. The number of halogens is 9. The average Bonchev–Trinajstić information content (AvgIpc) is 2.43. The molecule has 0 heterocycles. The van der Waals surface area contributed by atoms with Crippen molar-refractivity contribution in [1.82, 2.24) is 0 Å². The van der Waals surface area contributed by atoms with Crippen LogP contribution in [0.1, 0.15) is 40.0 Å². The Kier molecular flexibility index (Phi) is 17.6. The number of rotatable bonds is 6. The van der Waals surface area contributed by atoms with Gasteiger partial charge in [-0.2, -0.15) is 39.5 Å². The van der Waals surface area contributed by atoms with Crippen LogP contribution in [-0.2, 0) is 50.5 Å². The minimum atomic E-state index is -4.87. The molecule has 0 bridgehead atoms. The molecular formula is C15H15F9O6Ti. The SMILES string of the molecule is CC(=O)CC(=O)C(F)(F)F.CC(=O)CC(=O)C(F)(F)F.CC(=O)CC(=O)C(F)(F)F.[Ti]. The van der Waals surface area contributed by atoms with E-state index in [4.69, 9.17) is 0 Å². The summed E-state index contributed by atoms with van der Waals surface area (Å²) in [5.74, 6) is -8.29. The van der Waals surface area contributed by atoms with Crippen molar-refractivity contribution in [2.75, 3.05) is 0 Å². The molecular weight excluding hydrogens is 495 g/mol. The molecule has 0 saturated heterocycles. The first-order valence-corrected chi connectivity index (χ1v) is 7.30. The van der Waals surface area contributed by atoms with Gasteiger partial charge in [-0.15, -0.1) is 0 Å². The van der Waals surface area contributed by atoms with Gasteiger partial charge >= 0.3 is 18.5 Å². The molecule has 0 aliphatic rings. The molecule has 0 N–H and O–H groups in total. The number of carbonyl (C=O) groups excluding carboxylic acids is 6. The van der Waals surface area contributed by atoms with Gasteiger partial charge in [0.05, 0.1) is 19.3 Å². The normalized spacial score (nSPS) is 10.8. The van der Waals surface area contributed by atoms with E-state index in [1.54, 1.807) is 0 Å². The van der Waals surface area contributed by atoms with Gasteiger partial charge in [-0.05, 0) is 20.8 Å². The van der Waals surface area contributed by atoms with Crippen molar-refractivity contribution in [2.45, 2.75) is 58.6 Å². The zero-order valence-electron chi connectivity index (χ0n) is 16.0. The predicted molar refractivity (Wildman–Crippen MR) is 79.1 cm³/mol. The summed E-state index contributed by atoms with van der Waals surface area (Å²) in [4.78, 5) is 59.7. The number of ketones is 6. The third kappa shape index (κ3) is 24.2. The van der Waals surface area contributed by atoms with Crippen LogP contribution in [0.15, 0.2) is 0 Å². The van der Waals surface area contributed by atoms with Crippen LogP contribution in [-0.4, -0.2) is 53.2 Å². The van der Waals surface area contributed by atoms with Gasteiger partial charge in [-0.25, -0.2) is 0 Å². The zero-order valence-corrected chi connectivity index (χ0v) is 17.5. The van der Waals surface area contributed by atoms with E-state index < -0.39 is 72.5 Å². The molecule has 0 fully saturated rings. The van der Waals surface area contributed by atoms with Gasteiger partial charge < -0.3 is 0 Å². The smallest absolute Gasteiger partial charge is 0.300 e. The van der Waals surface area contributed by atoms with Gasteiger partial charge in [0, 0.05) is 21.7 Å². The summed E-state index contributed by atoms with van der Waals surface area (Å²) in [5, 5.41) is 0. The molecule has 0 aromatic heterocycles. The first kappa shape index (κ1) is 36.5. The minimum absolute atomic E-state index is 0. The Hall–Kier alpha value is -1.90. The fourth-order valence-electron chi connectivity index (χ4n) is 0.979. The largest absolute Gasteiger partial charge is 0.450 e. The Morgan fingerprint density at radius 1 is 0.452 bits per heavy atom. The summed E-state index contributed by atoms with van der Waals surface area (Å²) < 4.78 is 102. The molecule has 31 heavy (non-hydrogen) atoms. The van der Waals surface area contributed by atoms with Crippen molar-refractivity contribution in [2.24, 2.45) is 0 Å². The van der Waals surface area contributed by atoms with Crippen molar-refractivity contribution in [3.05, 3.63) is 0 Å². The summed E-state index contributed by atoms with van der Waals surface area (Å²) in [6.45, 7) is 2.80.